The van der Waals surface area contributed by atoms with E-state index in [1.165, 1.54) is 6.92 Å². The highest BCUT2D eigenvalue weighted by atomic mass is 32.2. The van der Waals surface area contributed by atoms with Crippen molar-refractivity contribution >= 4 is 29.3 Å². The van der Waals surface area contributed by atoms with Crippen LogP contribution in [0, 0.1) is 11.6 Å². The molecule has 0 radical (unpaired) electrons. The molecule has 232 valence electrons. The molecule has 0 aromatic heterocycles. The summed E-state index contributed by atoms with van der Waals surface area (Å²) in [6.07, 6.45) is -1.81. The molecule has 0 bridgehead atoms. The van der Waals surface area contributed by atoms with Gasteiger partial charge in [0.05, 0.1) is 18.6 Å². The number of hydrogen-bond donors (Lipinski definition) is 5. The van der Waals surface area contributed by atoms with Gasteiger partial charge in [-0.15, -0.1) is 4.72 Å². The minimum Gasteiger partial charge on any atom is -0.598 e. The van der Waals surface area contributed by atoms with E-state index in [1.54, 1.807) is 20.8 Å². The lowest BCUT2D eigenvalue weighted by Gasteiger charge is -2.24. The van der Waals surface area contributed by atoms with Crippen molar-refractivity contribution in [2.45, 2.75) is 70.7 Å². The highest BCUT2D eigenvalue weighted by molar-refractivity contribution is 7.89. The van der Waals surface area contributed by atoms with E-state index in [0.29, 0.717) is 0 Å². The summed E-state index contributed by atoms with van der Waals surface area (Å²) in [6.45, 7) is 6.42. The van der Waals surface area contributed by atoms with E-state index in [9.17, 15) is 32.8 Å². The Hall–Kier alpha value is -3.26. The van der Waals surface area contributed by atoms with E-state index in [-0.39, 0.29) is 49.6 Å². The van der Waals surface area contributed by atoms with Gasteiger partial charge >= 0.3 is 6.09 Å². The zero-order chi connectivity index (χ0) is 31.3. The Kier molecular flexibility index (Phi) is 14.1. The second-order valence-electron chi connectivity index (χ2n) is 10.8. The van der Waals surface area contributed by atoms with Crippen molar-refractivity contribution < 1.29 is 37.6 Å². The largest absolute Gasteiger partial charge is 0.598 e. The maximum Gasteiger partial charge on any atom is 0.407 e. The van der Waals surface area contributed by atoms with Crippen LogP contribution >= 0.6 is 0 Å². The zero-order valence-electron chi connectivity index (χ0n) is 24.2. The van der Waals surface area contributed by atoms with E-state index in [2.05, 4.69) is 20.7 Å². The van der Waals surface area contributed by atoms with E-state index in [4.69, 9.17) is 4.74 Å². The van der Waals surface area contributed by atoms with Crippen LogP contribution in [0.15, 0.2) is 48.5 Å². The molecule has 2 aromatic rings. The fourth-order valence-corrected chi connectivity index (χ4v) is 4.89. The van der Waals surface area contributed by atoms with Crippen molar-refractivity contribution in [3.05, 3.63) is 71.3 Å². The quantitative estimate of drug-likeness (QED) is 0.153. The summed E-state index contributed by atoms with van der Waals surface area (Å²) < 4.78 is 48.5. The Balaban J connectivity index is 1.86. The molecule has 0 saturated heterocycles. The third kappa shape index (κ3) is 13.6. The molecule has 0 saturated carbocycles. The highest BCUT2D eigenvalue weighted by Gasteiger charge is 2.27. The molecule has 4 unspecified atom stereocenters. The van der Waals surface area contributed by atoms with Gasteiger partial charge in [0.25, 0.3) is 5.91 Å². The number of halogens is 2. The summed E-state index contributed by atoms with van der Waals surface area (Å²) in [5.41, 5.74) is 0.0929. The molecule has 3 amide bonds. The predicted molar refractivity (Wildman–Crippen MR) is 156 cm³/mol. The molecule has 0 aliphatic rings. The molecule has 0 heterocycles. The van der Waals surface area contributed by atoms with Gasteiger partial charge < -0.3 is 30.3 Å². The molecule has 2 rings (SSSR count). The Labute approximate surface area is 248 Å². The van der Waals surface area contributed by atoms with E-state index < -0.39 is 58.8 Å². The smallest absolute Gasteiger partial charge is 0.407 e. The first kappa shape index (κ1) is 34.9. The normalized spacial score (nSPS) is 14.3. The van der Waals surface area contributed by atoms with Crippen LogP contribution in [0.5, 0.6) is 0 Å². The van der Waals surface area contributed by atoms with Crippen molar-refractivity contribution in [1.29, 1.82) is 0 Å². The summed E-state index contributed by atoms with van der Waals surface area (Å²) in [6, 6.07) is 10.5. The van der Waals surface area contributed by atoms with Gasteiger partial charge in [-0.05, 0) is 62.9 Å². The number of nitrogens with one attached hydrogen (secondary N) is 4. The summed E-state index contributed by atoms with van der Waals surface area (Å²) in [5, 5.41) is 18.3. The summed E-state index contributed by atoms with van der Waals surface area (Å²) in [5.74, 6) is -2.22. The lowest BCUT2D eigenvalue weighted by Crippen LogP contribution is -2.51. The first-order valence-corrected chi connectivity index (χ1v) is 14.9. The summed E-state index contributed by atoms with van der Waals surface area (Å²) in [4.78, 5) is 36.4. The number of aliphatic hydroxyl groups is 1. The molecule has 0 spiro atoms. The Morgan fingerprint density at radius 1 is 1.05 bits per heavy atom. The summed E-state index contributed by atoms with van der Waals surface area (Å²) >= 11 is -1.59. The van der Waals surface area contributed by atoms with Crippen LogP contribution in [0.1, 0.15) is 45.2 Å². The van der Waals surface area contributed by atoms with Crippen LogP contribution in [-0.2, 0) is 38.5 Å². The fraction of sp³-hybridized carbons (Fsp3) is 0.483. The van der Waals surface area contributed by atoms with E-state index >= 15 is 0 Å². The molecular weight excluding hydrogens is 570 g/mol. The first-order chi connectivity index (χ1) is 19.7. The average molecular weight is 611 g/mol. The number of carbonyl (C=O) groups excluding carboxylic acids is 3. The maximum absolute atomic E-state index is 14.2. The van der Waals surface area contributed by atoms with Gasteiger partial charge in [0.15, 0.2) is 6.10 Å². The number of rotatable bonds is 15. The van der Waals surface area contributed by atoms with Crippen LogP contribution in [-0.4, -0.2) is 70.2 Å². The third-order valence-electron chi connectivity index (χ3n) is 5.83. The zero-order valence-corrected chi connectivity index (χ0v) is 25.1. The van der Waals surface area contributed by atoms with Gasteiger partial charge in [-0.25, -0.2) is 13.6 Å². The van der Waals surface area contributed by atoms with E-state index in [1.807, 2.05) is 30.3 Å². The minimum atomic E-state index is -1.59. The molecule has 5 N–H and O–H groups in total. The number of carbonyl (C=O) groups is 3. The van der Waals surface area contributed by atoms with Crippen LogP contribution in [0.2, 0.25) is 0 Å². The molecular formula is C29H40F2N4O6S. The molecule has 42 heavy (non-hydrogen) atoms. The molecule has 0 aliphatic heterocycles. The third-order valence-corrected chi connectivity index (χ3v) is 6.98. The van der Waals surface area contributed by atoms with Gasteiger partial charge in [0.1, 0.15) is 23.0 Å². The van der Waals surface area contributed by atoms with Gasteiger partial charge in [0.2, 0.25) is 5.91 Å². The highest BCUT2D eigenvalue weighted by Crippen LogP contribution is 2.13. The summed E-state index contributed by atoms with van der Waals surface area (Å²) in [7, 11) is 0. The minimum absolute atomic E-state index is 0.0368. The van der Waals surface area contributed by atoms with Crippen LogP contribution < -0.4 is 20.7 Å². The number of ether oxygens (including phenoxy) is 1. The molecule has 2 aromatic carbocycles. The second-order valence-corrected chi connectivity index (χ2v) is 12.2. The number of amides is 3. The Morgan fingerprint density at radius 3 is 2.38 bits per heavy atom. The molecule has 13 heteroatoms. The van der Waals surface area contributed by atoms with Crippen molar-refractivity contribution in [2.24, 2.45) is 0 Å². The van der Waals surface area contributed by atoms with Crippen LogP contribution in [0.4, 0.5) is 13.6 Å². The second kappa shape index (κ2) is 17.0. The number of benzene rings is 2. The van der Waals surface area contributed by atoms with Crippen LogP contribution in [0.3, 0.4) is 0 Å². The van der Waals surface area contributed by atoms with E-state index in [0.717, 1.165) is 23.8 Å². The van der Waals surface area contributed by atoms with Crippen molar-refractivity contribution in [3.8, 4) is 0 Å². The SMILES string of the molecule is CC(=O)NC(Cc1ccccc1)C(O)C(=O)NCCC[S+]([O-])NCC(Cc1cc(F)ccc1F)NC(=O)OC(C)(C)C. The Bertz CT molecular complexity index is 1170. The van der Waals surface area contributed by atoms with Crippen molar-refractivity contribution in [3.63, 3.8) is 0 Å². The fourth-order valence-electron chi connectivity index (χ4n) is 3.95. The van der Waals surface area contributed by atoms with Gasteiger partial charge in [0, 0.05) is 31.3 Å². The van der Waals surface area contributed by atoms with Crippen molar-refractivity contribution in [2.75, 3.05) is 18.8 Å². The average Bonchev–Trinajstić information content (AvgIpc) is 2.90. The standard InChI is InChI=1S/C29H40F2N4O6S/c1-19(36)34-25(15-20-9-6-5-7-10-20)26(37)27(38)32-13-8-14-42(40)33-18-23(35-28(39)41-29(2,3)4)17-21-16-22(30)11-12-24(21)31/h5-7,9-12,16,23,25-26,33,37H,8,13-15,17-18H2,1-4H3,(H,32,38)(H,34,36)(H,35,39). The Morgan fingerprint density at radius 2 is 1.74 bits per heavy atom. The molecule has 0 aliphatic carbocycles. The maximum atomic E-state index is 14.2. The lowest BCUT2D eigenvalue weighted by molar-refractivity contribution is -0.131. The molecule has 0 fully saturated rings. The number of aliphatic hydroxyl groups excluding tert-OH is 1. The van der Waals surface area contributed by atoms with Gasteiger partial charge in [-0.2, -0.15) is 0 Å². The lowest BCUT2D eigenvalue weighted by atomic mass is 10.0. The van der Waals surface area contributed by atoms with Crippen molar-refractivity contribution in [1.82, 2.24) is 20.7 Å². The van der Waals surface area contributed by atoms with Gasteiger partial charge in [-0.1, -0.05) is 30.3 Å². The van der Waals surface area contributed by atoms with Gasteiger partial charge in [-0.3, -0.25) is 9.59 Å². The molecule has 10 nitrogen and oxygen atoms in total. The predicted octanol–water partition coefficient (Wildman–Crippen LogP) is 2.27. The van der Waals surface area contributed by atoms with Crippen LogP contribution in [0.25, 0.3) is 0 Å². The number of alkyl carbamates (subject to hydrolysis) is 1. The number of hydrogen-bond acceptors (Lipinski definition) is 7. The first-order valence-electron chi connectivity index (χ1n) is 13.6. The monoisotopic (exact) mass is 610 g/mol. The molecule has 4 atom stereocenters. The topological polar surface area (TPSA) is 152 Å².